The van der Waals surface area contributed by atoms with Crippen LogP contribution in [0.3, 0.4) is 0 Å². The summed E-state index contributed by atoms with van der Waals surface area (Å²) in [6.07, 6.45) is -1.06. The SMILES string of the molecule is NNC(=O)[C@H](NC(=O)CC1c2ccccc2-c2ccccc21)[C@@H](O)c1ccccc1. The lowest BCUT2D eigenvalue weighted by Crippen LogP contribution is -2.52. The van der Waals surface area contributed by atoms with Gasteiger partial charge in [0.05, 0.1) is 0 Å². The highest BCUT2D eigenvalue weighted by Crippen LogP contribution is 2.46. The van der Waals surface area contributed by atoms with Crippen molar-refractivity contribution in [3.8, 4) is 11.1 Å². The Labute approximate surface area is 174 Å². The summed E-state index contributed by atoms with van der Waals surface area (Å²) in [5.74, 6) is 4.18. The number of nitrogens with two attached hydrogens (primary N) is 1. The van der Waals surface area contributed by atoms with Gasteiger partial charge in [-0.25, -0.2) is 5.84 Å². The monoisotopic (exact) mass is 401 g/mol. The van der Waals surface area contributed by atoms with Gasteiger partial charge in [-0.15, -0.1) is 0 Å². The molecule has 0 aliphatic heterocycles. The molecule has 0 bridgehead atoms. The lowest BCUT2D eigenvalue weighted by molar-refractivity contribution is -0.132. The molecule has 0 saturated carbocycles. The van der Waals surface area contributed by atoms with Crippen molar-refractivity contribution in [1.82, 2.24) is 10.7 Å². The van der Waals surface area contributed by atoms with Gasteiger partial charge in [0.25, 0.3) is 5.91 Å². The zero-order valence-corrected chi connectivity index (χ0v) is 16.3. The standard InChI is InChI=1S/C24H23N3O3/c25-27-24(30)22(23(29)15-8-2-1-3-9-15)26-21(28)14-20-18-12-6-4-10-16(18)17-11-5-7-13-19(17)20/h1-13,20,22-23,29H,14,25H2,(H,26,28)(H,27,30)/t22-,23+/m1/s1. The van der Waals surface area contributed by atoms with Crippen LogP contribution in [0.5, 0.6) is 0 Å². The van der Waals surface area contributed by atoms with Gasteiger partial charge >= 0.3 is 0 Å². The lowest BCUT2D eigenvalue weighted by atomic mass is 9.93. The largest absolute Gasteiger partial charge is 0.386 e. The molecule has 152 valence electrons. The quantitative estimate of drug-likeness (QED) is 0.289. The fraction of sp³-hybridized carbons (Fsp3) is 0.167. The second-order valence-electron chi connectivity index (χ2n) is 7.34. The van der Waals surface area contributed by atoms with Crippen LogP contribution in [0.25, 0.3) is 11.1 Å². The number of hydrogen-bond acceptors (Lipinski definition) is 4. The fourth-order valence-electron chi connectivity index (χ4n) is 4.12. The summed E-state index contributed by atoms with van der Waals surface area (Å²) in [6, 6.07) is 23.5. The van der Waals surface area contributed by atoms with E-state index in [4.69, 9.17) is 5.84 Å². The maximum atomic E-state index is 12.9. The zero-order valence-electron chi connectivity index (χ0n) is 16.3. The number of aliphatic hydroxyl groups is 1. The summed E-state index contributed by atoms with van der Waals surface area (Å²) in [6.45, 7) is 0. The summed E-state index contributed by atoms with van der Waals surface area (Å²) in [7, 11) is 0. The highest BCUT2D eigenvalue weighted by Gasteiger charge is 2.33. The minimum atomic E-state index is -1.22. The van der Waals surface area contributed by atoms with E-state index in [1.165, 1.54) is 0 Å². The van der Waals surface area contributed by atoms with E-state index in [1.807, 2.05) is 47.9 Å². The predicted molar refractivity (Wildman–Crippen MR) is 114 cm³/mol. The van der Waals surface area contributed by atoms with Crippen LogP contribution < -0.4 is 16.6 Å². The molecular formula is C24H23N3O3. The third kappa shape index (κ3) is 3.70. The molecule has 0 spiro atoms. The molecule has 0 radical (unpaired) electrons. The maximum Gasteiger partial charge on any atom is 0.259 e. The van der Waals surface area contributed by atoms with E-state index in [-0.39, 0.29) is 18.2 Å². The maximum absolute atomic E-state index is 12.9. The molecule has 30 heavy (non-hydrogen) atoms. The minimum absolute atomic E-state index is 0.118. The van der Waals surface area contributed by atoms with E-state index in [1.54, 1.807) is 24.3 Å². The van der Waals surface area contributed by atoms with Crippen LogP contribution in [0.4, 0.5) is 0 Å². The van der Waals surface area contributed by atoms with E-state index in [0.29, 0.717) is 5.56 Å². The first-order valence-corrected chi connectivity index (χ1v) is 9.81. The van der Waals surface area contributed by atoms with Gasteiger partial charge in [0.2, 0.25) is 5.91 Å². The molecular weight excluding hydrogens is 378 g/mol. The van der Waals surface area contributed by atoms with E-state index in [2.05, 4.69) is 17.4 Å². The van der Waals surface area contributed by atoms with Crippen molar-refractivity contribution in [2.75, 3.05) is 0 Å². The van der Waals surface area contributed by atoms with Crippen LogP contribution in [0.15, 0.2) is 78.9 Å². The summed E-state index contributed by atoms with van der Waals surface area (Å²) < 4.78 is 0. The molecule has 0 fully saturated rings. The molecule has 0 saturated heterocycles. The summed E-state index contributed by atoms with van der Waals surface area (Å²) >= 11 is 0. The molecule has 0 heterocycles. The Morgan fingerprint density at radius 2 is 1.40 bits per heavy atom. The van der Waals surface area contributed by atoms with Crippen molar-refractivity contribution in [3.05, 3.63) is 95.6 Å². The number of aliphatic hydroxyl groups excluding tert-OH is 1. The number of fused-ring (bicyclic) bond motifs is 3. The number of nitrogens with one attached hydrogen (secondary N) is 2. The molecule has 3 aromatic carbocycles. The summed E-state index contributed by atoms with van der Waals surface area (Å²) in [5.41, 5.74) is 6.94. The Bertz CT molecular complexity index is 1020. The predicted octanol–water partition coefficient (Wildman–Crippen LogP) is 2.40. The first kappa shape index (κ1) is 19.8. The van der Waals surface area contributed by atoms with Crippen LogP contribution >= 0.6 is 0 Å². The first-order valence-electron chi connectivity index (χ1n) is 9.81. The fourth-order valence-corrected chi connectivity index (χ4v) is 4.12. The number of hydrogen-bond donors (Lipinski definition) is 4. The molecule has 5 N–H and O–H groups in total. The highest BCUT2D eigenvalue weighted by atomic mass is 16.3. The molecule has 6 heteroatoms. The smallest absolute Gasteiger partial charge is 0.259 e. The van der Waals surface area contributed by atoms with Crippen molar-refractivity contribution in [1.29, 1.82) is 0 Å². The number of rotatable bonds is 6. The number of carbonyl (C=O) groups is 2. The number of amides is 2. The normalized spacial score (nSPS) is 14.3. The van der Waals surface area contributed by atoms with E-state index < -0.39 is 18.1 Å². The van der Waals surface area contributed by atoms with Gasteiger partial charge in [-0.2, -0.15) is 0 Å². The van der Waals surface area contributed by atoms with Gasteiger partial charge in [0, 0.05) is 12.3 Å². The van der Waals surface area contributed by atoms with Crippen LogP contribution in [0.1, 0.15) is 35.1 Å². The van der Waals surface area contributed by atoms with Gasteiger partial charge < -0.3 is 10.4 Å². The average Bonchev–Trinajstić information content (AvgIpc) is 3.11. The Morgan fingerprint density at radius 1 is 0.867 bits per heavy atom. The summed E-state index contributed by atoms with van der Waals surface area (Å²) in [4.78, 5) is 25.2. The molecule has 1 aliphatic rings. The Kier molecular flexibility index (Phi) is 5.61. The van der Waals surface area contributed by atoms with E-state index in [9.17, 15) is 14.7 Å². The summed E-state index contributed by atoms with van der Waals surface area (Å²) in [5, 5.41) is 13.3. The highest BCUT2D eigenvalue weighted by molar-refractivity contribution is 5.89. The van der Waals surface area contributed by atoms with Crippen LogP contribution in [0, 0.1) is 0 Å². The van der Waals surface area contributed by atoms with Crippen molar-refractivity contribution in [3.63, 3.8) is 0 Å². The zero-order chi connectivity index (χ0) is 21.1. The van der Waals surface area contributed by atoms with Gasteiger partial charge in [-0.1, -0.05) is 78.9 Å². The first-order chi connectivity index (χ1) is 14.6. The van der Waals surface area contributed by atoms with Crippen LogP contribution in [-0.4, -0.2) is 23.0 Å². The van der Waals surface area contributed by atoms with Gasteiger partial charge in [-0.3, -0.25) is 15.0 Å². The third-order valence-electron chi connectivity index (χ3n) is 5.55. The van der Waals surface area contributed by atoms with Crippen molar-refractivity contribution < 1.29 is 14.7 Å². The number of carbonyl (C=O) groups excluding carboxylic acids is 2. The van der Waals surface area contributed by atoms with Crippen LogP contribution in [0.2, 0.25) is 0 Å². The third-order valence-corrected chi connectivity index (χ3v) is 5.55. The van der Waals surface area contributed by atoms with E-state index in [0.717, 1.165) is 22.3 Å². The average molecular weight is 401 g/mol. The van der Waals surface area contributed by atoms with Crippen molar-refractivity contribution >= 4 is 11.8 Å². The minimum Gasteiger partial charge on any atom is -0.386 e. The van der Waals surface area contributed by atoms with Gasteiger partial charge in [-0.05, 0) is 27.8 Å². The van der Waals surface area contributed by atoms with Gasteiger partial charge in [0.1, 0.15) is 12.1 Å². The Morgan fingerprint density at radius 3 is 1.97 bits per heavy atom. The number of benzene rings is 3. The molecule has 2 amide bonds. The Balaban J connectivity index is 1.56. The van der Waals surface area contributed by atoms with Crippen LogP contribution in [-0.2, 0) is 9.59 Å². The lowest BCUT2D eigenvalue weighted by Gasteiger charge is -2.24. The molecule has 2 atom stereocenters. The van der Waals surface area contributed by atoms with Crippen molar-refractivity contribution in [2.45, 2.75) is 24.5 Å². The Hall–Kier alpha value is -3.48. The van der Waals surface area contributed by atoms with Crippen molar-refractivity contribution in [2.24, 2.45) is 5.84 Å². The molecule has 0 aromatic heterocycles. The van der Waals surface area contributed by atoms with E-state index >= 15 is 0 Å². The second kappa shape index (κ2) is 8.49. The molecule has 3 aromatic rings. The molecule has 6 nitrogen and oxygen atoms in total. The molecule has 0 unspecified atom stereocenters. The van der Waals surface area contributed by atoms with Gasteiger partial charge in [0.15, 0.2) is 0 Å². The number of hydrazine groups is 1. The molecule has 4 rings (SSSR count). The molecule has 1 aliphatic carbocycles. The topological polar surface area (TPSA) is 104 Å². The second-order valence-corrected chi connectivity index (χ2v) is 7.34.